The van der Waals surface area contributed by atoms with Crippen molar-refractivity contribution in [1.82, 2.24) is 25.1 Å². The normalized spacial score (nSPS) is 21.8. The van der Waals surface area contributed by atoms with Gasteiger partial charge in [-0.05, 0) is 36.4 Å². The SMILES string of the molecule is CN(C)C(=O)C[C@H]1C[C@@H](CSc2nnnn2-c2ccccc2)OC(C)(C)O1. The fourth-order valence-corrected chi connectivity index (χ4v) is 3.89. The summed E-state index contributed by atoms with van der Waals surface area (Å²) in [6, 6.07) is 9.76. The van der Waals surface area contributed by atoms with Gasteiger partial charge in [0.05, 0.1) is 24.3 Å². The van der Waals surface area contributed by atoms with Crippen LogP contribution in [0.25, 0.3) is 5.69 Å². The molecule has 0 spiro atoms. The number of carbonyl (C=O) groups excluding carboxylic acids is 1. The van der Waals surface area contributed by atoms with Gasteiger partial charge in [-0.15, -0.1) is 5.10 Å². The Bertz CT molecular complexity index is 765. The molecule has 0 aliphatic carbocycles. The lowest BCUT2D eigenvalue weighted by molar-refractivity contribution is -0.294. The first-order chi connectivity index (χ1) is 12.8. The molecule has 1 aliphatic heterocycles. The Morgan fingerprint density at radius 3 is 2.67 bits per heavy atom. The van der Waals surface area contributed by atoms with E-state index in [0.717, 1.165) is 5.69 Å². The van der Waals surface area contributed by atoms with Crippen LogP contribution in [0.15, 0.2) is 35.5 Å². The first kappa shape index (κ1) is 19.8. The summed E-state index contributed by atoms with van der Waals surface area (Å²) < 4.78 is 13.7. The van der Waals surface area contributed by atoms with Gasteiger partial charge in [-0.1, -0.05) is 30.0 Å². The van der Waals surface area contributed by atoms with Gasteiger partial charge >= 0.3 is 0 Å². The average molecular weight is 391 g/mol. The highest BCUT2D eigenvalue weighted by molar-refractivity contribution is 7.99. The lowest BCUT2D eigenvalue weighted by Gasteiger charge is -2.40. The Labute approximate surface area is 163 Å². The number of hydrogen-bond donors (Lipinski definition) is 0. The summed E-state index contributed by atoms with van der Waals surface area (Å²) >= 11 is 1.53. The van der Waals surface area contributed by atoms with Crippen LogP contribution in [0.5, 0.6) is 0 Å². The number of para-hydroxylation sites is 1. The van der Waals surface area contributed by atoms with Crippen molar-refractivity contribution in [1.29, 1.82) is 0 Å². The molecule has 0 N–H and O–H groups in total. The molecule has 0 saturated carbocycles. The highest BCUT2D eigenvalue weighted by Gasteiger charge is 2.36. The van der Waals surface area contributed by atoms with Gasteiger partial charge in [-0.2, -0.15) is 4.68 Å². The number of aromatic nitrogens is 4. The Morgan fingerprint density at radius 2 is 1.96 bits per heavy atom. The van der Waals surface area contributed by atoms with Gasteiger partial charge < -0.3 is 14.4 Å². The molecule has 2 heterocycles. The van der Waals surface area contributed by atoms with E-state index >= 15 is 0 Å². The second kappa shape index (κ2) is 8.37. The van der Waals surface area contributed by atoms with Crippen molar-refractivity contribution in [3.8, 4) is 5.69 Å². The molecule has 27 heavy (non-hydrogen) atoms. The fourth-order valence-electron chi connectivity index (χ4n) is 2.99. The van der Waals surface area contributed by atoms with Gasteiger partial charge in [0, 0.05) is 26.3 Å². The Hall–Kier alpha value is -1.97. The summed E-state index contributed by atoms with van der Waals surface area (Å²) in [5.74, 6) is -0.00391. The molecule has 1 fully saturated rings. The molecule has 0 bridgehead atoms. The third kappa shape index (κ3) is 5.27. The predicted molar refractivity (Wildman–Crippen MR) is 102 cm³/mol. The van der Waals surface area contributed by atoms with E-state index in [1.807, 2.05) is 44.2 Å². The molecular formula is C18H25N5O3S. The van der Waals surface area contributed by atoms with Crippen molar-refractivity contribution in [3.05, 3.63) is 30.3 Å². The van der Waals surface area contributed by atoms with Gasteiger partial charge in [0.15, 0.2) is 5.79 Å². The third-order valence-electron chi connectivity index (χ3n) is 4.17. The highest BCUT2D eigenvalue weighted by Crippen LogP contribution is 2.31. The quantitative estimate of drug-likeness (QED) is 0.698. The molecule has 2 atom stereocenters. The van der Waals surface area contributed by atoms with E-state index in [0.29, 0.717) is 23.8 Å². The molecule has 1 aliphatic rings. The van der Waals surface area contributed by atoms with Crippen LogP contribution < -0.4 is 0 Å². The highest BCUT2D eigenvalue weighted by atomic mass is 32.2. The number of rotatable bonds is 6. The summed E-state index contributed by atoms with van der Waals surface area (Å²) in [6.45, 7) is 3.76. The average Bonchev–Trinajstić information content (AvgIpc) is 3.08. The Kier molecular flexibility index (Phi) is 6.13. The monoisotopic (exact) mass is 391 g/mol. The van der Waals surface area contributed by atoms with E-state index in [4.69, 9.17) is 9.47 Å². The molecule has 2 aromatic rings. The number of tetrazole rings is 1. The topological polar surface area (TPSA) is 82.4 Å². The Morgan fingerprint density at radius 1 is 1.26 bits per heavy atom. The largest absolute Gasteiger partial charge is 0.349 e. The molecule has 1 aromatic carbocycles. The van der Waals surface area contributed by atoms with E-state index in [-0.39, 0.29) is 18.1 Å². The first-order valence-corrected chi connectivity index (χ1v) is 9.85. The molecule has 1 aromatic heterocycles. The molecule has 0 radical (unpaired) electrons. The van der Waals surface area contributed by atoms with E-state index in [1.165, 1.54) is 11.8 Å². The van der Waals surface area contributed by atoms with Gasteiger partial charge in [-0.25, -0.2) is 0 Å². The molecule has 0 unspecified atom stereocenters. The van der Waals surface area contributed by atoms with E-state index in [9.17, 15) is 4.79 Å². The second-order valence-electron chi connectivity index (χ2n) is 7.13. The van der Waals surface area contributed by atoms with Crippen LogP contribution in [0.4, 0.5) is 0 Å². The summed E-state index contributed by atoms with van der Waals surface area (Å²) in [5.41, 5.74) is 0.910. The third-order valence-corrected chi connectivity index (χ3v) is 5.22. The van der Waals surface area contributed by atoms with Crippen molar-refractivity contribution in [2.24, 2.45) is 0 Å². The summed E-state index contributed by atoms with van der Waals surface area (Å²) in [4.78, 5) is 13.6. The maximum atomic E-state index is 12.0. The van der Waals surface area contributed by atoms with Crippen LogP contribution in [0.3, 0.4) is 0 Å². The summed E-state index contributed by atoms with van der Waals surface area (Å²) in [7, 11) is 3.51. The fraction of sp³-hybridized carbons (Fsp3) is 0.556. The molecule has 146 valence electrons. The van der Waals surface area contributed by atoms with Gasteiger partial charge in [0.1, 0.15) is 0 Å². The molecule has 3 rings (SSSR count). The van der Waals surface area contributed by atoms with Gasteiger partial charge in [0.25, 0.3) is 0 Å². The van der Waals surface area contributed by atoms with Crippen molar-refractivity contribution in [2.45, 2.75) is 49.8 Å². The first-order valence-electron chi connectivity index (χ1n) is 8.86. The molecular weight excluding hydrogens is 366 g/mol. The summed E-state index contributed by atoms with van der Waals surface area (Å²) in [5, 5.41) is 12.7. The minimum atomic E-state index is -0.730. The lowest BCUT2D eigenvalue weighted by Crippen LogP contribution is -2.46. The number of amides is 1. The number of ether oxygens (including phenoxy) is 2. The van der Waals surface area contributed by atoms with Crippen LogP contribution >= 0.6 is 11.8 Å². The number of hydrogen-bond acceptors (Lipinski definition) is 7. The lowest BCUT2D eigenvalue weighted by atomic mass is 10.1. The zero-order chi connectivity index (χ0) is 19.4. The van der Waals surface area contributed by atoms with Crippen LogP contribution in [-0.2, 0) is 14.3 Å². The smallest absolute Gasteiger partial charge is 0.224 e. The Balaban J connectivity index is 1.64. The predicted octanol–water partition coefficient (Wildman–Crippen LogP) is 2.14. The maximum Gasteiger partial charge on any atom is 0.224 e. The minimum Gasteiger partial charge on any atom is -0.349 e. The molecule has 1 amide bonds. The maximum absolute atomic E-state index is 12.0. The number of carbonyl (C=O) groups is 1. The van der Waals surface area contributed by atoms with Crippen LogP contribution in [0.1, 0.15) is 26.7 Å². The molecule has 1 saturated heterocycles. The molecule has 9 heteroatoms. The minimum absolute atomic E-state index is 0.0529. The van der Waals surface area contributed by atoms with Gasteiger partial charge in [0.2, 0.25) is 11.1 Å². The second-order valence-corrected chi connectivity index (χ2v) is 8.11. The van der Waals surface area contributed by atoms with E-state index in [2.05, 4.69) is 15.5 Å². The van der Waals surface area contributed by atoms with E-state index in [1.54, 1.807) is 23.7 Å². The number of nitrogens with zero attached hydrogens (tertiary/aromatic N) is 5. The van der Waals surface area contributed by atoms with Crippen molar-refractivity contribution in [2.75, 3.05) is 19.8 Å². The van der Waals surface area contributed by atoms with Crippen LogP contribution in [0, 0.1) is 0 Å². The standard InChI is InChI=1S/C18H25N5O3S/c1-18(2)25-14(11-16(24)22(3)4)10-15(26-18)12-27-17-19-20-21-23(17)13-8-6-5-7-9-13/h5-9,14-15H,10-12H2,1-4H3/t14-,15+/m1/s1. The number of benzene rings is 1. The van der Waals surface area contributed by atoms with Crippen LogP contribution in [-0.4, -0.2) is 68.9 Å². The molecule has 8 nitrogen and oxygen atoms in total. The number of thioether (sulfide) groups is 1. The van der Waals surface area contributed by atoms with Crippen molar-refractivity contribution < 1.29 is 14.3 Å². The van der Waals surface area contributed by atoms with E-state index < -0.39 is 5.79 Å². The van der Waals surface area contributed by atoms with Gasteiger partial charge in [-0.3, -0.25) is 4.79 Å². The summed E-state index contributed by atoms with van der Waals surface area (Å²) in [6.07, 6.45) is 0.782. The zero-order valence-electron chi connectivity index (χ0n) is 16.0. The van der Waals surface area contributed by atoms with Crippen molar-refractivity contribution in [3.63, 3.8) is 0 Å². The van der Waals surface area contributed by atoms with Crippen molar-refractivity contribution >= 4 is 17.7 Å². The zero-order valence-corrected chi connectivity index (χ0v) is 16.8. The van der Waals surface area contributed by atoms with Crippen LogP contribution in [0.2, 0.25) is 0 Å².